The van der Waals surface area contributed by atoms with Gasteiger partial charge < -0.3 is 10.2 Å². The molecule has 1 saturated carbocycles. The van der Waals surface area contributed by atoms with Crippen molar-refractivity contribution in [3.63, 3.8) is 0 Å². The van der Waals surface area contributed by atoms with Crippen LogP contribution in [0.5, 0.6) is 0 Å². The minimum absolute atomic E-state index is 0.374. The van der Waals surface area contributed by atoms with Gasteiger partial charge >= 0.3 is 0 Å². The Morgan fingerprint density at radius 3 is 2.92 bits per heavy atom. The first-order valence-corrected chi connectivity index (χ1v) is 4.88. The van der Waals surface area contributed by atoms with E-state index in [-0.39, 0.29) is 0 Å². The number of rotatable bonds is 1. The SMILES string of the molecule is O=C1CCCNCCN1C1CC1. The van der Waals surface area contributed by atoms with Gasteiger partial charge in [0.2, 0.25) is 5.91 Å². The van der Waals surface area contributed by atoms with Gasteiger partial charge in [-0.2, -0.15) is 0 Å². The van der Waals surface area contributed by atoms with Crippen molar-refractivity contribution in [1.29, 1.82) is 0 Å². The quantitative estimate of drug-likeness (QED) is 0.613. The third kappa shape index (κ3) is 1.78. The van der Waals surface area contributed by atoms with Gasteiger partial charge in [0, 0.05) is 25.6 Å². The maximum Gasteiger partial charge on any atom is 0.222 e. The topological polar surface area (TPSA) is 32.3 Å². The molecule has 0 aromatic heterocycles. The highest BCUT2D eigenvalue weighted by atomic mass is 16.2. The first-order valence-electron chi connectivity index (χ1n) is 4.88. The second-order valence-corrected chi connectivity index (χ2v) is 3.67. The maximum absolute atomic E-state index is 11.5. The summed E-state index contributed by atoms with van der Waals surface area (Å²) in [6.45, 7) is 2.90. The molecule has 0 radical (unpaired) electrons. The van der Waals surface area contributed by atoms with Crippen molar-refractivity contribution >= 4 is 5.91 Å². The molecule has 1 N–H and O–H groups in total. The molecule has 0 atom stereocenters. The van der Waals surface area contributed by atoms with Crippen LogP contribution < -0.4 is 5.32 Å². The predicted molar refractivity (Wildman–Crippen MR) is 46.8 cm³/mol. The highest BCUT2D eigenvalue weighted by molar-refractivity contribution is 5.76. The van der Waals surface area contributed by atoms with E-state index >= 15 is 0 Å². The lowest BCUT2D eigenvalue weighted by Gasteiger charge is -2.24. The van der Waals surface area contributed by atoms with Gasteiger partial charge in [-0.05, 0) is 25.8 Å². The van der Waals surface area contributed by atoms with Crippen LogP contribution >= 0.6 is 0 Å². The molecule has 2 aliphatic rings. The van der Waals surface area contributed by atoms with Crippen LogP contribution in [-0.2, 0) is 4.79 Å². The van der Waals surface area contributed by atoms with Crippen LogP contribution in [-0.4, -0.2) is 36.5 Å². The van der Waals surface area contributed by atoms with Crippen LogP contribution in [0.4, 0.5) is 0 Å². The molecule has 1 heterocycles. The van der Waals surface area contributed by atoms with Gasteiger partial charge in [-0.15, -0.1) is 0 Å². The first kappa shape index (κ1) is 8.05. The highest BCUT2D eigenvalue weighted by Crippen LogP contribution is 2.27. The van der Waals surface area contributed by atoms with Crippen LogP contribution in [0, 0.1) is 0 Å². The third-order valence-electron chi connectivity index (χ3n) is 2.58. The van der Waals surface area contributed by atoms with Crippen molar-refractivity contribution < 1.29 is 4.79 Å². The van der Waals surface area contributed by atoms with Crippen molar-refractivity contribution in [3.8, 4) is 0 Å². The van der Waals surface area contributed by atoms with E-state index < -0.39 is 0 Å². The molecule has 3 nitrogen and oxygen atoms in total. The molecule has 1 saturated heterocycles. The largest absolute Gasteiger partial charge is 0.338 e. The Kier molecular flexibility index (Phi) is 2.30. The summed E-state index contributed by atoms with van der Waals surface area (Å²) in [5.74, 6) is 0.374. The third-order valence-corrected chi connectivity index (χ3v) is 2.58. The van der Waals surface area contributed by atoms with Gasteiger partial charge in [0.15, 0.2) is 0 Å². The number of carbonyl (C=O) groups is 1. The summed E-state index contributed by atoms with van der Waals surface area (Å²) in [5, 5.41) is 3.33. The Balaban J connectivity index is 1.92. The zero-order valence-corrected chi connectivity index (χ0v) is 7.38. The molecule has 0 bridgehead atoms. The summed E-state index contributed by atoms with van der Waals surface area (Å²) < 4.78 is 0. The van der Waals surface area contributed by atoms with Crippen molar-refractivity contribution in [2.45, 2.75) is 31.7 Å². The van der Waals surface area contributed by atoms with Gasteiger partial charge in [-0.25, -0.2) is 0 Å². The highest BCUT2D eigenvalue weighted by Gasteiger charge is 2.31. The Labute approximate surface area is 73.1 Å². The molecule has 2 rings (SSSR count). The lowest BCUT2D eigenvalue weighted by Crippen LogP contribution is -2.41. The summed E-state index contributed by atoms with van der Waals surface area (Å²) in [5.41, 5.74) is 0. The molecule has 0 aromatic rings. The first-order chi connectivity index (χ1) is 5.88. The molecule has 1 amide bonds. The van der Waals surface area contributed by atoms with Crippen molar-refractivity contribution in [2.75, 3.05) is 19.6 Å². The average Bonchev–Trinajstić information content (AvgIpc) is 2.81. The maximum atomic E-state index is 11.5. The Morgan fingerprint density at radius 1 is 1.33 bits per heavy atom. The molecular formula is C9H16N2O. The molecule has 3 heteroatoms. The minimum atomic E-state index is 0.374. The number of nitrogens with one attached hydrogen (secondary N) is 1. The Bertz CT molecular complexity index is 177. The molecule has 0 aromatic carbocycles. The molecule has 68 valence electrons. The van der Waals surface area contributed by atoms with E-state index in [1.807, 2.05) is 0 Å². The second-order valence-electron chi connectivity index (χ2n) is 3.67. The summed E-state index contributed by atoms with van der Waals surface area (Å²) in [6, 6.07) is 0.595. The average molecular weight is 168 g/mol. The summed E-state index contributed by atoms with van der Waals surface area (Å²) in [6.07, 6.45) is 4.20. The summed E-state index contributed by atoms with van der Waals surface area (Å²) >= 11 is 0. The van der Waals surface area contributed by atoms with Crippen LogP contribution in [0.1, 0.15) is 25.7 Å². The zero-order chi connectivity index (χ0) is 8.39. The van der Waals surface area contributed by atoms with Gasteiger partial charge in [0.25, 0.3) is 0 Å². The van der Waals surface area contributed by atoms with Crippen LogP contribution in [0.2, 0.25) is 0 Å². The van der Waals surface area contributed by atoms with Crippen LogP contribution in [0.3, 0.4) is 0 Å². The van der Waals surface area contributed by atoms with Crippen molar-refractivity contribution in [2.24, 2.45) is 0 Å². The monoisotopic (exact) mass is 168 g/mol. The smallest absolute Gasteiger partial charge is 0.222 e. The lowest BCUT2D eigenvalue weighted by molar-refractivity contribution is -0.132. The lowest BCUT2D eigenvalue weighted by atomic mass is 10.2. The van der Waals surface area contributed by atoms with E-state index in [9.17, 15) is 4.79 Å². The molecule has 12 heavy (non-hydrogen) atoms. The van der Waals surface area contributed by atoms with Gasteiger partial charge in [0.1, 0.15) is 0 Å². The predicted octanol–water partition coefficient (Wildman–Crippen LogP) is 0.361. The van der Waals surface area contributed by atoms with Crippen molar-refractivity contribution in [3.05, 3.63) is 0 Å². The normalized spacial score (nSPS) is 26.7. The van der Waals surface area contributed by atoms with E-state index in [1.54, 1.807) is 0 Å². The standard InChI is InChI=1S/C9H16N2O/c12-9-2-1-5-10-6-7-11(9)8-3-4-8/h8,10H,1-7H2. The van der Waals surface area contributed by atoms with E-state index in [4.69, 9.17) is 0 Å². The van der Waals surface area contributed by atoms with Crippen LogP contribution in [0.25, 0.3) is 0 Å². The molecule has 0 spiro atoms. The molecule has 1 aliphatic carbocycles. The Hall–Kier alpha value is -0.570. The van der Waals surface area contributed by atoms with E-state index in [2.05, 4.69) is 10.2 Å². The minimum Gasteiger partial charge on any atom is -0.338 e. The number of amides is 1. The molecular weight excluding hydrogens is 152 g/mol. The molecule has 0 unspecified atom stereocenters. The summed E-state index contributed by atoms with van der Waals surface area (Å²) in [4.78, 5) is 13.6. The van der Waals surface area contributed by atoms with Crippen LogP contribution in [0.15, 0.2) is 0 Å². The fourth-order valence-electron chi connectivity index (χ4n) is 1.73. The number of hydrogen-bond donors (Lipinski definition) is 1. The van der Waals surface area contributed by atoms with Gasteiger partial charge in [-0.1, -0.05) is 0 Å². The summed E-state index contributed by atoms with van der Waals surface area (Å²) in [7, 11) is 0. The number of hydrogen-bond acceptors (Lipinski definition) is 2. The fraction of sp³-hybridized carbons (Fsp3) is 0.889. The van der Waals surface area contributed by atoms with Gasteiger partial charge in [0.05, 0.1) is 0 Å². The molecule has 1 aliphatic heterocycles. The Morgan fingerprint density at radius 2 is 2.17 bits per heavy atom. The number of carbonyl (C=O) groups excluding carboxylic acids is 1. The van der Waals surface area contributed by atoms with E-state index in [0.717, 1.165) is 32.5 Å². The van der Waals surface area contributed by atoms with Crippen molar-refractivity contribution in [1.82, 2.24) is 10.2 Å². The zero-order valence-electron chi connectivity index (χ0n) is 7.38. The second kappa shape index (κ2) is 3.44. The molecule has 2 fully saturated rings. The van der Waals surface area contributed by atoms with E-state index in [1.165, 1.54) is 12.8 Å². The van der Waals surface area contributed by atoms with Gasteiger partial charge in [-0.3, -0.25) is 4.79 Å². The fourth-order valence-corrected chi connectivity index (χ4v) is 1.73. The number of nitrogens with zero attached hydrogens (tertiary/aromatic N) is 1. The van der Waals surface area contributed by atoms with E-state index in [0.29, 0.717) is 11.9 Å².